The molecule has 1 aromatic carbocycles. The van der Waals surface area contributed by atoms with Gasteiger partial charge in [-0.1, -0.05) is 43.7 Å². The number of benzene rings is 1. The number of hydrogen-bond acceptors (Lipinski definition) is 3. The van der Waals surface area contributed by atoms with Gasteiger partial charge in [0.1, 0.15) is 0 Å². The van der Waals surface area contributed by atoms with E-state index < -0.39 is 5.60 Å². The lowest BCUT2D eigenvalue weighted by atomic mass is 9.46. The van der Waals surface area contributed by atoms with Crippen molar-refractivity contribution in [2.24, 2.45) is 34.5 Å². The molecular formula is C30H40O2S. The van der Waals surface area contributed by atoms with Gasteiger partial charge in [0, 0.05) is 16.7 Å². The molecule has 2 aromatic rings. The summed E-state index contributed by atoms with van der Waals surface area (Å²) in [6.07, 6.45) is 12.9. The number of allylic oxidation sites excluding steroid dienone is 1. The largest absolute Gasteiger partial charge is 0.384 e. The minimum Gasteiger partial charge on any atom is -0.384 e. The first-order valence-corrected chi connectivity index (χ1v) is 14.0. The maximum Gasteiger partial charge on any atom is 0.0993 e. The van der Waals surface area contributed by atoms with Crippen molar-refractivity contribution < 1.29 is 9.84 Å². The fraction of sp³-hybridized carbons (Fsp3) is 0.667. The van der Waals surface area contributed by atoms with Crippen molar-refractivity contribution in [3.05, 3.63) is 46.9 Å². The zero-order valence-electron chi connectivity index (χ0n) is 20.8. The van der Waals surface area contributed by atoms with Crippen LogP contribution in [0.3, 0.4) is 0 Å². The van der Waals surface area contributed by atoms with Crippen LogP contribution in [-0.4, -0.2) is 18.3 Å². The van der Waals surface area contributed by atoms with Crippen molar-refractivity contribution in [2.45, 2.75) is 83.8 Å². The van der Waals surface area contributed by atoms with E-state index in [4.69, 9.17) is 4.74 Å². The highest BCUT2D eigenvalue weighted by Crippen LogP contribution is 2.68. The molecule has 4 aliphatic rings. The summed E-state index contributed by atoms with van der Waals surface area (Å²) in [4.78, 5) is 1.16. The van der Waals surface area contributed by atoms with E-state index >= 15 is 0 Å². The Hall–Kier alpha value is -1.16. The van der Waals surface area contributed by atoms with Crippen LogP contribution in [0.15, 0.2) is 42.0 Å². The molecule has 2 nitrogen and oxygen atoms in total. The summed E-state index contributed by atoms with van der Waals surface area (Å²) in [7, 11) is 1.88. The van der Waals surface area contributed by atoms with Crippen LogP contribution in [0.5, 0.6) is 0 Å². The third-order valence-electron chi connectivity index (χ3n) is 11.0. The standard InChI is InChI=1S/C30H40O2S/c1-28-15-13-21(32-4)18-20(28)9-10-22-23-11-12-26(29(23,2)16-14-24(22)28)30(3,31)27-17-19-7-5-6-8-25(19)33-27/h5-9,17,21-24,26,31H,10-16,18H2,1-4H3/t21-,22-,23-,24-,26-,28-,29-,30+/m0/s1. The van der Waals surface area contributed by atoms with Crippen molar-refractivity contribution in [3.63, 3.8) is 0 Å². The van der Waals surface area contributed by atoms with E-state index in [1.807, 2.05) is 7.11 Å². The average molecular weight is 465 g/mol. The van der Waals surface area contributed by atoms with Gasteiger partial charge in [-0.3, -0.25) is 0 Å². The van der Waals surface area contributed by atoms with E-state index in [2.05, 4.69) is 57.2 Å². The van der Waals surface area contributed by atoms with Crippen LogP contribution in [-0.2, 0) is 10.3 Å². The fourth-order valence-corrected chi connectivity index (χ4v) is 10.3. The summed E-state index contributed by atoms with van der Waals surface area (Å²) < 4.78 is 7.05. The van der Waals surface area contributed by atoms with Crippen LogP contribution < -0.4 is 0 Å². The summed E-state index contributed by atoms with van der Waals surface area (Å²) >= 11 is 1.80. The summed E-state index contributed by atoms with van der Waals surface area (Å²) in [6.45, 7) is 7.23. The molecular weight excluding hydrogens is 424 g/mol. The van der Waals surface area contributed by atoms with Crippen molar-refractivity contribution in [3.8, 4) is 0 Å². The first kappa shape index (κ1) is 22.3. The lowest BCUT2D eigenvalue weighted by Gasteiger charge is -2.59. The first-order valence-electron chi connectivity index (χ1n) is 13.2. The number of aliphatic hydroxyl groups is 1. The number of thiophene rings is 1. The summed E-state index contributed by atoms with van der Waals surface area (Å²) in [5, 5.41) is 13.3. The van der Waals surface area contributed by atoms with Crippen LogP contribution in [0.4, 0.5) is 0 Å². The summed E-state index contributed by atoms with van der Waals surface area (Å²) in [5.74, 6) is 2.66. The Morgan fingerprint density at radius 3 is 2.67 bits per heavy atom. The maximum atomic E-state index is 12.1. The monoisotopic (exact) mass is 464 g/mol. The van der Waals surface area contributed by atoms with E-state index in [0.29, 0.717) is 17.4 Å². The van der Waals surface area contributed by atoms with Gasteiger partial charge >= 0.3 is 0 Å². The molecule has 1 heterocycles. The lowest BCUT2D eigenvalue weighted by molar-refractivity contribution is -0.104. The molecule has 178 valence electrons. The molecule has 3 fully saturated rings. The van der Waals surface area contributed by atoms with Crippen LogP contribution in [0.1, 0.15) is 77.0 Å². The molecule has 8 atom stereocenters. The van der Waals surface area contributed by atoms with Crippen molar-refractivity contribution >= 4 is 21.4 Å². The Kier molecular flexibility index (Phi) is 5.19. The second kappa shape index (κ2) is 7.67. The number of rotatable bonds is 3. The van der Waals surface area contributed by atoms with Crippen LogP contribution in [0.25, 0.3) is 10.1 Å². The van der Waals surface area contributed by atoms with Crippen molar-refractivity contribution in [1.29, 1.82) is 0 Å². The van der Waals surface area contributed by atoms with Crippen molar-refractivity contribution in [2.75, 3.05) is 7.11 Å². The second-order valence-electron chi connectivity index (χ2n) is 12.3. The molecule has 0 unspecified atom stereocenters. The Morgan fingerprint density at radius 1 is 1.06 bits per heavy atom. The quantitative estimate of drug-likeness (QED) is 0.472. The van der Waals surface area contributed by atoms with Crippen LogP contribution in [0, 0.1) is 34.5 Å². The van der Waals surface area contributed by atoms with Crippen LogP contribution in [0.2, 0.25) is 0 Å². The van der Waals surface area contributed by atoms with Gasteiger partial charge < -0.3 is 9.84 Å². The van der Waals surface area contributed by atoms with Gasteiger partial charge in [0.15, 0.2) is 0 Å². The van der Waals surface area contributed by atoms with E-state index in [-0.39, 0.29) is 5.41 Å². The minimum absolute atomic E-state index is 0.228. The Balaban J connectivity index is 1.31. The van der Waals surface area contributed by atoms with Gasteiger partial charge in [-0.2, -0.15) is 0 Å². The molecule has 0 spiro atoms. The van der Waals surface area contributed by atoms with Gasteiger partial charge in [-0.15, -0.1) is 11.3 Å². The van der Waals surface area contributed by atoms with Crippen molar-refractivity contribution in [1.82, 2.24) is 0 Å². The molecule has 33 heavy (non-hydrogen) atoms. The molecule has 3 saturated carbocycles. The third kappa shape index (κ3) is 3.18. The predicted molar refractivity (Wildman–Crippen MR) is 137 cm³/mol. The summed E-state index contributed by atoms with van der Waals surface area (Å²) in [6, 6.07) is 10.8. The average Bonchev–Trinajstić information content (AvgIpc) is 3.40. The second-order valence-corrected chi connectivity index (χ2v) is 13.4. The van der Waals surface area contributed by atoms with E-state index in [0.717, 1.165) is 35.5 Å². The number of methoxy groups -OCH3 is 1. The molecule has 6 rings (SSSR count). The van der Waals surface area contributed by atoms with E-state index in [1.54, 1.807) is 16.9 Å². The highest BCUT2D eigenvalue weighted by atomic mass is 32.1. The number of fused-ring (bicyclic) bond motifs is 6. The van der Waals surface area contributed by atoms with E-state index in [9.17, 15) is 5.11 Å². The molecule has 1 N–H and O–H groups in total. The SMILES string of the molecule is CO[C@H]1CC[C@@]2(C)C(=CC[C@H]3[C@@H]4CC[C@H]([C@@](C)(O)c5cc6ccccc6s5)[C@@]4(C)CC[C@@H]32)C1. The fourth-order valence-electron chi connectivity index (χ4n) is 9.16. The molecule has 0 bridgehead atoms. The molecule has 0 aliphatic heterocycles. The Labute approximate surface area is 203 Å². The van der Waals surface area contributed by atoms with Gasteiger partial charge in [0.25, 0.3) is 0 Å². The lowest BCUT2D eigenvalue weighted by Crippen LogP contribution is -2.52. The Bertz CT molecular complexity index is 1050. The molecule has 4 aliphatic carbocycles. The molecule has 0 saturated heterocycles. The topological polar surface area (TPSA) is 29.5 Å². The predicted octanol–water partition coefficient (Wildman–Crippen LogP) is 7.70. The highest BCUT2D eigenvalue weighted by molar-refractivity contribution is 7.19. The number of ether oxygens (including phenoxy) is 1. The molecule has 1 aromatic heterocycles. The minimum atomic E-state index is -0.754. The van der Waals surface area contributed by atoms with Gasteiger partial charge in [0.05, 0.1) is 11.7 Å². The van der Waals surface area contributed by atoms with Gasteiger partial charge in [-0.05, 0) is 110 Å². The smallest absolute Gasteiger partial charge is 0.0993 e. The van der Waals surface area contributed by atoms with E-state index in [1.165, 1.54) is 48.6 Å². The first-order chi connectivity index (χ1) is 15.8. The zero-order chi connectivity index (χ0) is 23.0. The maximum absolute atomic E-state index is 12.1. The third-order valence-corrected chi connectivity index (χ3v) is 12.3. The van der Waals surface area contributed by atoms with Crippen LogP contribution >= 0.6 is 11.3 Å². The molecule has 3 heteroatoms. The van der Waals surface area contributed by atoms with Gasteiger partial charge in [-0.25, -0.2) is 0 Å². The zero-order valence-corrected chi connectivity index (χ0v) is 21.6. The van der Waals surface area contributed by atoms with Gasteiger partial charge in [0.2, 0.25) is 0 Å². The summed E-state index contributed by atoms with van der Waals surface area (Å²) in [5.41, 5.74) is 1.53. The highest BCUT2D eigenvalue weighted by Gasteiger charge is 2.61. The molecule has 0 radical (unpaired) electrons. The normalized spacial score (nSPS) is 42.2. The number of hydrogen-bond donors (Lipinski definition) is 1. The molecule has 0 amide bonds. The Morgan fingerprint density at radius 2 is 1.88 bits per heavy atom.